The fourth-order valence-electron chi connectivity index (χ4n) is 5.98. The number of nitrogens with one attached hydrogen (secondary N) is 2. The average molecular weight is 634 g/mol. The fourth-order valence-corrected chi connectivity index (χ4v) is 7.43. The molecule has 0 bridgehead atoms. The number of anilines is 1. The number of sulfone groups is 1. The Labute approximate surface area is 249 Å². The van der Waals surface area contributed by atoms with E-state index in [0.29, 0.717) is 68.1 Å². The Balaban J connectivity index is 1.40. The van der Waals surface area contributed by atoms with Crippen molar-refractivity contribution >= 4 is 33.2 Å². The normalized spacial score (nSPS) is 23.4. The lowest BCUT2D eigenvalue weighted by atomic mass is 9.81. The lowest BCUT2D eigenvalue weighted by molar-refractivity contribution is -0.183. The second-order valence-corrected chi connectivity index (χ2v) is 14.1. The number of alkyl halides is 3. The van der Waals surface area contributed by atoms with Gasteiger partial charge in [-0.15, -0.1) is 0 Å². The number of amides is 1. The molecule has 9 nitrogen and oxygen atoms in total. The van der Waals surface area contributed by atoms with Crippen LogP contribution in [0.2, 0.25) is 5.02 Å². The first-order valence-electron chi connectivity index (χ1n) is 14.4. The van der Waals surface area contributed by atoms with Gasteiger partial charge in [-0.25, -0.2) is 13.4 Å². The van der Waals surface area contributed by atoms with Crippen molar-refractivity contribution in [3.8, 4) is 17.0 Å². The third-order valence-electron chi connectivity index (χ3n) is 8.58. The first-order chi connectivity index (χ1) is 19.8. The van der Waals surface area contributed by atoms with E-state index >= 15 is 0 Å². The maximum Gasteiger partial charge on any atom is 0.391 e. The Morgan fingerprint density at radius 3 is 2.29 bits per heavy atom. The molecule has 2 N–H and O–H groups in total. The zero-order valence-corrected chi connectivity index (χ0v) is 25.7. The molecule has 2 aromatic heterocycles. The van der Waals surface area contributed by atoms with E-state index in [1.165, 1.54) is 13.4 Å². The molecule has 2 heterocycles. The molecule has 0 spiro atoms. The largest absolute Gasteiger partial charge is 0.496 e. The summed E-state index contributed by atoms with van der Waals surface area (Å²) in [5, 5.41) is 10.4. The minimum absolute atomic E-state index is 0.0806. The van der Waals surface area contributed by atoms with Crippen molar-refractivity contribution in [2.24, 2.45) is 17.8 Å². The van der Waals surface area contributed by atoms with E-state index in [-0.39, 0.29) is 40.6 Å². The number of pyridine rings is 1. The van der Waals surface area contributed by atoms with Crippen LogP contribution in [0.5, 0.6) is 5.75 Å². The predicted octanol–water partition coefficient (Wildman–Crippen LogP) is 5.74. The third kappa shape index (κ3) is 7.69. The second-order valence-electron chi connectivity index (χ2n) is 11.4. The van der Waals surface area contributed by atoms with Crippen molar-refractivity contribution in [1.82, 2.24) is 20.1 Å². The van der Waals surface area contributed by atoms with E-state index in [1.54, 1.807) is 16.9 Å². The minimum Gasteiger partial charge on any atom is -0.496 e. The molecule has 234 valence electrons. The summed E-state index contributed by atoms with van der Waals surface area (Å²) < 4.78 is 69.8. The van der Waals surface area contributed by atoms with Gasteiger partial charge in [-0.3, -0.25) is 9.48 Å². The number of halogens is 4. The van der Waals surface area contributed by atoms with Crippen LogP contribution < -0.4 is 15.4 Å². The van der Waals surface area contributed by atoms with E-state index in [0.717, 1.165) is 12.8 Å². The van der Waals surface area contributed by atoms with Crippen LogP contribution in [0.25, 0.3) is 11.3 Å². The summed E-state index contributed by atoms with van der Waals surface area (Å²) in [6, 6.07) is 1.70. The molecule has 1 amide bonds. The molecule has 2 aliphatic carbocycles. The van der Waals surface area contributed by atoms with Gasteiger partial charge in [0, 0.05) is 38.2 Å². The van der Waals surface area contributed by atoms with Crippen LogP contribution in [0.15, 0.2) is 12.3 Å². The number of aryl methyl sites for hydroxylation is 1. The van der Waals surface area contributed by atoms with Crippen molar-refractivity contribution in [3.63, 3.8) is 0 Å². The highest BCUT2D eigenvalue weighted by atomic mass is 35.5. The smallest absolute Gasteiger partial charge is 0.391 e. The average Bonchev–Trinajstić information content (AvgIpc) is 3.30. The zero-order chi connectivity index (χ0) is 30.7. The zero-order valence-electron chi connectivity index (χ0n) is 24.1. The minimum atomic E-state index is -4.13. The Kier molecular flexibility index (Phi) is 10.3. The van der Waals surface area contributed by atoms with Gasteiger partial charge < -0.3 is 15.4 Å². The Morgan fingerprint density at radius 1 is 1.10 bits per heavy atom. The topological polar surface area (TPSA) is 115 Å². The van der Waals surface area contributed by atoms with E-state index in [2.05, 4.69) is 20.7 Å². The summed E-state index contributed by atoms with van der Waals surface area (Å²) in [7, 11) is -1.55. The molecule has 4 rings (SSSR count). The van der Waals surface area contributed by atoms with Gasteiger partial charge in [0.1, 0.15) is 21.4 Å². The molecule has 2 saturated carbocycles. The lowest BCUT2D eigenvalue weighted by Gasteiger charge is -2.30. The van der Waals surface area contributed by atoms with Crippen LogP contribution in [0.1, 0.15) is 68.8 Å². The molecular weight excluding hydrogens is 595 g/mol. The van der Waals surface area contributed by atoms with Gasteiger partial charge in [-0.1, -0.05) is 11.6 Å². The van der Waals surface area contributed by atoms with Gasteiger partial charge >= 0.3 is 6.18 Å². The lowest BCUT2D eigenvalue weighted by Crippen LogP contribution is -2.34. The molecule has 42 heavy (non-hydrogen) atoms. The van der Waals surface area contributed by atoms with E-state index in [1.807, 2.05) is 6.92 Å². The highest BCUT2D eigenvalue weighted by Gasteiger charge is 2.41. The summed E-state index contributed by atoms with van der Waals surface area (Å²) in [6.07, 6.45) is 2.64. The van der Waals surface area contributed by atoms with Crippen LogP contribution >= 0.6 is 11.6 Å². The van der Waals surface area contributed by atoms with Gasteiger partial charge in [0.05, 0.1) is 34.6 Å². The molecule has 0 saturated heterocycles. The predicted molar refractivity (Wildman–Crippen MR) is 156 cm³/mol. The Bertz CT molecular complexity index is 1350. The standard InChI is InChI=1S/C28H39ClF3N5O4S/c1-4-37-26(24(29)25(36-37)27(38)35-15-18-7-11-20(12-8-18)42(3,39)40)21-16-34-23(13-22(21)41-2)33-14-17-5-9-19(10-6-17)28(30,31)32/h13,16-20H,4-12,14-15H2,1-3H3,(H,33,34)(H,35,38)/t17?,18-,19?,20-. The van der Waals surface area contributed by atoms with Crippen molar-refractivity contribution in [1.29, 1.82) is 0 Å². The number of aromatic nitrogens is 3. The van der Waals surface area contributed by atoms with Crippen LogP contribution in [-0.2, 0) is 16.4 Å². The van der Waals surface area contributed by atoms with Gasteiger partial charge in [0.25, 0.3) is 5.91 Å². The first-order valence-corrected chi connectivity index (χ1v) is 16.7. The van der Waals surface area contributed by atoms with Crippen molar-refractivity contribution in [2.75, 3.05) is 31.8 Å². The number of hydrogen-bond acceptors (Lipinski definition) is 7. The summed E-state index contributed by atoms with van der Waals surface area (Å²) in [6.45, 7) is 3.22. The highest BCUT2D eigenvalue weighted by Crippen LogP contribution is 2.40. The van der Waals surface area contributed by atoms with Crippen LogP contribution in [0, 0.1) is 17.8 Å². The molecule has 14 heteroatoms. The van der Waals surface area contributed by atoms with Crippen LogP contribution in [0.4, 0.5) is 19.0 Å². The number of ether oxygens (including phenoxy) is 1. The molecule has 2 fully saturated rings. The monoisotopic (exact) mass is 633 g/mol. The van der Waals surface area contributed by atoms with Gasteiger partial charge in [0.15, 0.2) is 5.69 Å². The molecule has 0 unspecified atom stereocenters. The molecule has 0 radical (unpaired) electrons. The highest BCUT2D eigenvalue weighted by molar-refractivity contribution is 7.91. The molecule has 0 aromatic carbocycles. The summed E-state index contributed by atoms with van der Waals surface area (Å²) in [5.74, 6) is -0.335. The van der Waals surface area contributed by atoms with Crippen molar-refractivity contribution in [2.45, 2.75) is 76.3 Å². The number of methoxy groups -OCH3 is 1. The molecular formula is C28H39ClF3N5O4S. The van der Waals surface area contributed by atoms with Crippen LogP contribution in [0.3, 0.4) is 0 Å². The van der Waals surface area contributed by atoms with Crippen molar-refractivity contribution in [3.05, 3.63) is 23.0 Å². The Morgan fingerprint density at radius 2 is 1.71 bits per heavy atom. The molecule has 0 aliphatic heterocycles. The third-order valence-corrected chi connectivity index (χ3v) is 10.6. The van der Waals surface area contributed by atoms with E-state index in [4.69, 9.17) is 16.3 Å². The molecule has 0 atom stereocenters. The number of nitrogens with zero attached hydrogens (tertiary/aromatic N) is 3. The molecule has 2 aromatic rings. The second kappa shape index (κ2) is 13.4. The maximum atomic E-state index is 13.1. The van der Waals surface area contributed by atoms with E-state index in [9.17, 15) is 26.4 Å². The van der Waals surface area contributed by atoms with E-state index < -0.39 is 27.8 Å². The van der Waals surface area contributed by atoms with Gasteiger partial charge in [0.2, 0.25) is 0 Å². The summed E-state index contributed by atoms with van der Waals surface area (Å²) >= 11 is 6.71. The van der Waals surface area contributed by atoms with Gasteiger partial charge in [-0.2, -0.15) is 18.3 Å². The van der Waals surface area contributed by atoms with Crippen molar-refractivity contribution < 1.29 is 31.1 Å². The quantitative estimate of drug-likeness (QED) is 0.343. The molecule has 2 aliphatic rings. The van der Waals surface area contributed by atoms with Gasteiger partial charge in [-0.05, 0) is 70.1 Å². The van der Waals surface area contributed by atoms with Crippen LogP contribution in [-0.4, -0.2) is 67.0 Å². The summed E-state index contributed by atoms with van der Waals surface area (Å²) in [4.78, 5) is 17.6. The Hall–Kier alpha value is -2.54. The first kappa shape index (κ1) is 32.4. The SMILES string of the molecule is CCn1nc(C(=O)NC[C@H]2CC[C@H](S(C)(=O)=O)CC2)c(Cl)c1-c1cnc(NCC2CCC(C(F)(F)F)CC2)cc1OC. The number of hydrogen-bond donors (Lipinski definition) is 2. The fraction of sp³-hybridized carbons (Fsp3) is 0.679. The number of carbonyl (C=O) groups excluding carboxylic acids is 1. The maximum absolute atomic E-state index is 13.1. The summed E-state index contributed by atoms with van der Waals surface area (Å²) in [5.41, 5.74) is 1.11. The number of carbonyl (C=O) groups is 1. The number of rotatable bonds is 10.